The fourth-order valence-corrected chi connectivity index (χ4v) is 5.56. The van der Waals surface area contributed by atoms with Gasteiger partial charge in [0.2, 0.25) is 5.91 Å². The van der Waals surface area contributed by atoms with Crippen LogP contribution < -0.4 is 5.32 Å². The Morgan fingerprint density at radius 2 is 1.49 bits per heavy atom. The summed E-state index contributed by atoms with van der Waals surface area (Å²) in [5.74, 6) is -0.727. The van der Waals surface area contributed by atoms with E-state index in [9.17, 15) is 19.5 Å². The molecule has 0 spiro atoms. The minimum Gasteiger partial charge on any atom is -0.480 e. The third kappa shape index (κ3) is 5.34. The number of carboxylic acid groups (broad SMARTS) is 1. The van der Waals surface area contributed by atoms with Gasteiger partial charge in [0.1, 0.15) is 13.2 Å². The lowest BCUT2D eigenvalue weighted by atomic mass is 9.85. The Balaban J connectivity index is 1.11. The monoisotopic (exact) mass is 476 g/mol. The van der Waals surface area contributed by atoms with E-state index in [0.29, 0.717) is 38.1 Å². The second-order valence-corrected chi connectivity index (χ2v) is 10.1. The molecule has 5 rings (SSSR count). The van der Waals surface area contributed by atoms with E-state index < -0.39 is 12.1 Å². The fourth-order valence-electron chi connectivity index (χ4n) is 5.56. The normalized spacial score (nSPS) is 21.0. The minimum atomic E-state index is -0.968. The third-order valence-electron chi connectivity index (χ3n) is 7.56. The van der Waals surface area contributed by atoms with Gasteiger partial charge in [-0.25, -0.2) is 4.79 Å². The number of benzene rings is 2. The van der Waals surface area contributed by atoms with Crippen LogP contribution in [0, 0.1) is 11.8 Å². The van der Waals surface area contributed by atoms with E-state index in [1.807, 2.05) is 24.3 Å². The zero-order valence-corrected chi connectivity index (χ0v) is 19.8. The summed E-state index contributed by atoms with van der Waals surface area (Å²) < 4.78 is 5.66. The van der Waals surface area contributed by atoms with Crippen molar-refractivity contribution in [2.75, 3.05) is 19.7 Å². The van der Waals surface area contributed by atoms with E-state index in [-0.39, 0.29) is 36.9 Å². The number of nitrogens with one attached hydrogen (secondary N) is 1. The van der Waals surface area contributed by atoms with Crippen LogP contribution in [0.2, 0.25) is 0 Å². The molecule has 2 saturated carbocycles. The maximum Gasteiger partial charge on any atom is 0.407 e. The summed E-state index contributed by atoms with van der Waals surface area (Å²) >= 11 is 0. The molecule has 0 aromatic heterocycles. The first-order valence-electron chi connectivity index (χ1n) is 12.6. The van der Waals surface area contributed by atoms with Crippen LogP contribution in [0.1, 0.15) is 55.6 Å². The quantitative estimate of drug-likeness (QED) is 0.589. The predicted octanol–water partition coefficient (Wildman–Crippen LogP) is 4.41. The van der Waals surface area contributed by atoms with E-state index in [2.05, 4.69) is 29.6 Å². The topological polar surface area (TPSA) is 95.9 Å². The molecule has 2 fully saturated rings. The smallest absolute Gasteiger partial charge is 0.407 e. The van der Waals surface area contributed by atoms with Crippen molar-refractivity contribution in [2.24, 2.45) is 11.8 Å². The number of hydrogen-bond acceptors (Lipinski definition) is 4. The molecule has 184 valence electrons. The highest BCUT2D eigenvalue weighted by molar-refractivity contribution is 5.83. The highest BCUT2D eigenvalue weighted by Crippen LogP contribution is 2.44. The van der Waals surface area contributed by atoms with Crippen molar-refractivity contribution < 1.29 is 24.2 Å². The van der Waals surface area contributed by atoms with Gasteiger partial charge in [-0.05, 0) is 66.7 Å². The van der Waals surface area contributed by atoms with Gasteiger partial charge in [-0.1, -0.05) is 48.5 Å². The first-order chi connectivity index (χ1) is 17.0. The van der Waals surface area contributed by atoms with Crippen LogP contribution >= 0.6 is 0 Å². The van der Waals surface area contributed by atoms with Crippen molar-refractivity contribution in [1.82, 2.24) is 10.2 Å². The maximum absolute atomic E-state index is 12.9. The molecule has 35 heavy (non-hydrogen) atoms. The van der Waals surface area contributed by atoms with Gasteiger partial charge in [-0.2, -0.15) is 0 Å². The molecule has 7 heteroatoms. The van der Waals surface area contributed by atoms with Crippen LogP contribution in [0.15, 0.2) is 48.5 Å². The molecular weight excluding hydrogens is 444 g/mol. The summed E-state index contributed by atoms with van der Waals surface area (Å²) in [4.78, 5) is 38.2. The van der Waals surface area contributed by atoms with Crippen LogP contribution in [0.3, 0.4) is 0 Å². The average Bonchev–Trinajstić information content (AvgIpc) is 3.62. The number of rotatable bonds is 8. The lowest BCUT2D eigenvalue weighted by Gasteiger charge is -2.32. The molecule has 2 aromatic rings. The molecule has 2 N–H and O–H groups in total. The van der Waals surface area contributed by atoms with Crippen LogP contribution in [-0.2, 0) is 14.3 Å². The Morgan fingerprint density at radius 3 is 2.06 bits per heavy atom. The Labute approximate surface area is 205 Å². The van der Waals surface area contributed by atoms with Crippen molar-refractivity contribution in [3.63, 3.8) is 0 Å². The highest BCUT2D eigenvalue weighted by Gasteiger charge is 2.34. The summed E-state index contributed by atoms with van der Waals surface area (Å²) in [6, 6.07) is 16.4. The largest absolute Gasteiger partial charge is 0.480 e. The molecule has 2 aromatic carbocycles. The van der Waals surface area contributed by atoms with E-state index >= 15 is 0 Å². The summed E-state index contributed by atoms with van der Waals surface area (Å²) in [7, 11) is 0. The molecule has 3 aliphatic rings. The molecule has 0 heterocycles. The van der Waals surface area contributed by atoms with Crippen LogP contribution in [-0.4, -0.2) is 53.7 Å². The van der Waals surface area contributed by atoms with E-state index in [0.717, 1.165) is 12.8 Å². The van der Waals surface area contributed by atoms with Gasteiger partial charge in [0, 0.05) is 24.4 Å². The highest BCUT2D eigenvalue weighted by atomic mass is 16.5. The lowest BCUT2D eigenvalue weighted by molar-refractivity contribution is -0.147. The average molecular weight is 477 g/mol. The van der Waals surface area contributed by atoms with Crippen LogP contribution in [0.5, 0.6) is 0 Å². The standard InChI is InChI=1S/C28H32N2O5/c31-26(32)16-30(15-18-9-10-18)27(33)19-11-13-20(14-12-19)29-28(34)35-17-25-23-7-3-1-5-21(23)22-6-2-4-8-24(22)25/h1-8,18-20,25H,9-17H2,(H,29,34)(H,31,32). The first-order valence-corrected chi connectivity index (χ1v) is 12.6. The number of ether oxygens (including phenoxy) is 1. The number of amides is 2. The summed E-state index contributed by atoms with van der Waals surface area (Å²) in [6.45, 7) is 0.593. The molecule has 0 aliphatic heterocycles. The molecule has 0 atom stereocenters. The maximum atomic E-state index is 12.9. The van der Waals surface area contributed by atoms with Crippen molar-refractivity contribution in [3.8, 4) is 11.1 Å². The Bertz CT molecular complexity index is 1060. The Kier molecular flexibility index (Phi) is 6.75. The lowest BCUT2D eigenvalue weighted by Crippen LogP contribution is -2.44. The van der Waals surface area contributed by atoms with Crippen LogP contribution in [0.4, 0.5) is 4.79 Å². The molecular formula is C28H32N2O5. The second kappa shape index (κ2) is 10.1. The number of carboxylic acids is 1. The third-order valence-corrected chi connectivity index (χ3v) is 7.56. The number of nitrogens with zero attached hydrogens (tertiary/aromatic N) is 1. The van der Waals surface area contributed by atoms with Crippen LogP contribution in [0.25, 0.3) is 11.1 Å². The summed E-state index contributed by atoms with van der Waals surface area (Å²) in [5.41, 5.74) is 4.74. The number of aliphatic carboxylic acids is 1. The predicted molar refractivity (Wildman–Crippen MR) is 131 cm³/mol. The van der Waals surface area contributed by atoms with Gasteiger partial charge >= 0.3 is 12.1 Å². The zero-order chi connectivity index (χ0) is 24.4. The fraction of sp³-hybridized carbons (Fsp3) is 0.464. The number of fused-ring (bicyclic) bond motifs is 3. The SMILES string of the molecule is O=C(O)CN(CC1CC1)C(=O)C1CCC(NC(=O)OCC2c3ccccc3-c3ccccc32)CC1. The molecule has 0 saturated heterocycles. The van der Waals surface area contributed by atoms with Crippen molar-refractivity contribution in [1.29, 1.82) is 0 Å². The Morgan fingerprint density at radius 1 is 0.886 bits per heavy atom. The van der Waals surface area contributed by atoms with E-state index in [1.54, 1.807) is 0 Å². The van der Waals surface area contributed by atoms with Gasteiger partial charge < -0.3 is 20.1 Å². The zero-order valence-electron chi connectivity index (χ0n) is 19.8. The van der Waals surface area contributed by atoms with E-state index in [4.69, 9.17) is 4.74 Å². The first kappa shape index (κ1) is 23.4. The molecule has 0 bridgehead atoms. The minimum absolute atomic E-state index is 0.0215. The van der Waals surface area contributed by atoms with Gasteiger partial charge in [-0.3, -0.25) is 9.59 Å². The Hall–Kier alpha value is -3.35. The van der Waals surface area contributed by atoms with Gasteiger partial charge in [0.15, 0.2) is 0 Å². The molecule has 7 nitrogen and oxygen atoms in total. The molecule has 3 aliphatic carbocycles. The summed E-state index contributed by atoms with van der Waals surface area (Å²) in [6.07, 6.45) is 4.38. The molecule has 2 amide bonds. The number of carbonyl (C=O) groups excluding carboxylic acids is 2. The molecule has 0 unspecified atom stereocenters. The van der Waals surface area contributed by atoms with Gasteiger partial charge in [0.05, 0.1) is 0 Å². The van der Waals surface area contributed by atoms with Crippen molar-refractivity contribution >= 4 is 18.0 Å². The van der Waals surface area contributed by atoms with E-state index in [1.165, 1.54) is 27.2 Å². The summed E-state index contributed by atoms with van der Waals surface area (Å²) in [5, 5.41) is 12.2. The molecule has 0 radical (unpaired) electrons. The number of carbonyl (C=O) groups is 3. The second-order valence-electron chi connectivity index (χ2n) is 10.1. The number of alkyl carbamates (subject to hydrolysis) is 1. The van der Waals surface area contributed by atoms with Gasteiger partial charge in [-0.15, -0.1) is 0 Å². The van der Waals surface area contributed by atoms with Crippen molar-refractivity contribution in [2.45, 2.75) is 50.5 Å². The number of hydrogen-bond donors (Lipinski definition) is 2. The van der Waals surface area contributed by atoms with Gasteiger partial charge in [0.25, 0.3) is 0 Å². The van der Waals surface area contributed by atoms with Crippen molar-refractivity contribution in [3.05, 3.63) is 59.7 Å².